The Morgan fingerprint density at radius 3 is 2.45 bits per heavy atom. The third-order valence-corrected chi connectivity index (χ3v) is 4.53. The first kappa shape index (κ1) is 17.0. The minimum atomic E-state index is -4.99. The first-order valence-electron chi connectivity index (χ1n) is 5.76. The molecule has 1 aliphatic heterocycles. The molecule has 0 bridgehead atoms. The normalized spacial score (nSPS) is 19.6. The quantitative estimate of drug-likeness (QED) is 0.572. The Morgan fingerprint density at radius 1 is 1.32 bits per heavy atom. The van der Waals surface area contributed by atoms with Gasteiger partial charge in [0.05, 0.1) is 5.69 Å². The molecule has 1 aromatic carbocycles. The number of hydrogen-bond acceptors (Lipinski definition) is 4. The van der Waals surface area contributed by atoms with E-state index < -0.39 is 46.5 Å². The van der Waals surface area contributed by atoms with Crippen molar-refractivity contribution < 1.29 is 35.0 Å². The molecule has 2 rings (SSSR count). The van der Waals surface area contributed by atoms with Crippen molar-refractivity contribution in [3.8, 4) is 5.75 Å². The summed E-state index contributed by atoms with van der Waals surface area (Å²) < 4.78 is 76.0. The fourth-order valence-electron chi connectivity index (χ4n) is 2.01. The molecule has 11 heteroatoms. The van der Waals surface area contributed by atoms with Crippen LogP contribution in [0.1, 0.15) is 6.42 Å². The lowest BCUT2D eigenvalue weighted by atomic mass is 10.2. The zero-order valence-corrected chi connectivity index (χ0v) is 13.0. The van der Waals surface area contributed by atoms with E-state index in [1.807, 2.05) is 0 Å². The van der Waals surface area contributed by atoms with Gasteiger partial charge < -0.3 is 9.64 Å². The second-order valence-electron chi connectivity index (χ2n) is 4.47. The number of ether oxygens (including phenoxy) is 1. The first-order valence-corrected chi connectivity index (χ1v) is 8.00. The smallest absolute Gasteiger partial charge is 0.404 e. The molecule has 1 fully saturated rings. The van der Waals surface area contributed by atoms with Gasteiger partial charge in [0.15, 0.2) is 5.75 Å². The van der Waals surface area contributed by atoms with Crippen molar-refractivity contribution in [3.63, 3.8) is 0 Å². The number of anilines is 1. The van der Waals surface area contributed by atoms with Crippen molar-refractivity contribution in [2.24, 2.45) is 0 Å². The van der Waals surface area contributed by atoms with Gasteiger partial charge in [-0.3, -0.25) is 4.79 Å². The van der Waals surface area contributed by atoms with Crippen molar-refractivity contribution in [2.75, 3.05) is 11.4 Å². The van der Waals surface area contributed by atoms with E-state index >= 15 is 0 Å². The molecule has 0 saturated carbocycles. The summed E-state index contributed by atoms with van der Waals surface area (Å²) in [4.78, 5) is 12.6. The van der Waals surface area contributed by atoms with Crippen molar-refractivity contribution in [1.29, 1.82) is 0 Å². The lowest BCUT2D eigenvalue weighted by Crippen LogP contribution is -2.28. The molecular formula is C11H8BrF4NO4S. The maximum atomic E-state index is 13.0. The maximum absolute atomic E-state index is 13.0. The Hall–Kier alpha value is -1.36. The summed E-state index contributed by atoms with van der Waals surface area (Å²) in [6.45, 7) is -0.581. The van der Waals surface area contributed by atoms with E-state index in [1.165, 1.54) is 6.07 Å². The Balaban J connectivity index is 2.40. The highest BCUT2D eigenvalue weighted by atomic mass is 79.9. The SMILES string of the molecule is O=C1CC(S(=O)(=O)F)CN1c1cc(Br)ccc1OC(F)(F)F. The second kappa shape index (κ2) is 5.69. The van der Waals surface area contributed by atoms with Crippen LogP contribution in [0.25, 0.3) is 0 Å². The van der Waals surface area contributed by atoms with Crippen molar-refractivity contribution >= 4 is 37.7 Å². The van der Waals surface area contributed by atoms with E-state index in [-0.39, 0.29) is 5.69 Å². The Kier molecular flexibility index (Phi) is 4.39. The van der Waals surface area contributed by atoms with E-state index in [0.717, 1.165) is 17.0 Å². The predicted molar refractivity (Wildman–Crippen MR) is 71.6 cm³/mol. The van der Waals surface area contributed by atoms with Crippen molar-refractivity contribution in [1.82, 2.24) is 0 Å². The van der Waals surface area contributed by atoms with Crippen LogP contribution in [0.2, 0.25) is 0 Å². The fourth-order valence-corrected chi connectivity index (χ4v) is 3.03. The number of rotatable bonds is 3. The molecule has 0 aliphatic carbocycles. The summed E-state index contributed by atoms with van der Waals surface area (Å²) in [5, 5.41) is -1.61. The van der Waals surface area contributed by atoms with Crippen LogP contribution in [-0.2, 0) is 15.0 Å². The highest BCUT2D eigenvalue weighted by Gasteiger charge is 2.41. The van der Waals surface area contributed by atoms with Gasteiger partial charge in [0.1, 0.15) is 5.25 Å². The van der Waals surface area contributed by atoms with Crippen LogP contribution >= 0.6 is 15.9 Å². The molecule has 1 aliphatic rings. The lowest BCUT2D eigenvalue weighted by Gasteiger charge is -2.21. The number of alkyl halides is 3. The second-order valence-corrected chi connectivity index (χ2v) is 7.00. The summed E-state index contributed by atoms with van der Waals surface area (Å²) in [6, 6.07) is 3.39. The van der Waals surface area contributed by atoms with E-state index in [9.17, 15) is 30.3 Å². The summed E-state index contributed by atoms with van der Waals surface area (Å²) in [5.74, 6) is -1.49. The zero-order chi connectivity index (χ0) is 16.7. The van der Waals surface area contributed by atoms with Crippen LogP contribution in [0.4, 0.5) is 22.7 Å². The number of halogens is 5. The average molecular weight is 406 g/mol. The summed E-state index contributed by atoms with van der Waals surface area (Å²) in [7, 11) is -4.97. The monoisotopic (exact) mass is 405 g/mol. The number of nitrogens with zero attached hydrogens (tertiary/aromatic N) is 1. The van der Waals surface area contributed by atoms with Crippen molar-refractivity contribution in [2.45, 2.75) is 18.0 Å². The van der Waals surface area contributed by atoms with Crippen LogP contribution in [0, 0.1) is 0 Å². The summed E-state index contributed by atoms with van der Waals surface area (Å²) in [6.07, 6.45) is -5.63. The standard InChI is InChI=1S/C11H8BrF4NO4S/c12-6-1-2-9(21-11(13,14)15)8(3-6)17-5-7(4-10(17)18)22(16,19)20/h1-3,7H,4-5H2. The van der Waals surface area contributed by atoms with Crippen LogP contribution in [0.3, 0.4) is 0 Å². The molecule has 1 atom stereocenters. The van der Waals surface area contributed by atoms with Gasteiger partial charge in [-0.2, -0.15) is 8.42 Å². The third-order valence-electron chi connectivity index (χ3n) is 2.93. The van der Waals surface area contributed by atoms with Gasteiger partial charge in [-0.05, 0) is 18.2 Å². The van der Waals surface area contributed by atoms with Gasteiger partial charge in [0.2, 0.25) is 5.91 Å². The maximum Gasteiger partial charge on any atom is 0.573 e. The topological polar surface area (TPSA) is 63.7 Å². The highest BCUT2D eigenvalue weighted by molar-refractivity contribution is 9.10. The Morgan fingerprint density at radius 2 is 1.95 bits per heavy atom. The summed E-state index contributed by atoms with van der Waals surface area (Å²) >= 11 is 3.03. The molecule has 1 heterocycles. The van der Waals surface area contributed by atoms with Crippen LogP contribution in [0.15, 0.2) is 22.7 Å². The summed E-state index contributed by atoms with van der Waals surface area (Å²) in [5.41, 5.74) is -0.289. The number of carbonyl (C=O) groups excluding carboxylic acids is 1. The Labute approximate surface area is 131 Å². The lowest BCUT2D eigenvalue weighted by molar-refractivity contribution is -0.274. The fraction of sp³-hybridized carbons (Fsp3) is 0.364. The van der Waals surface area contributed by atoms with E-state index in [2.05, 4.69) is 20.7 Å². The molecule has 0 N–H and O–H groups in total. The molecule has 1 aromatic rings. The largest absolute Gasteiger partial charge is 0.573 e. The van der Waals surface area contributed by atoms with Crippen LogP contribution < -0.4 is 9.64 Å². The minimum Gasteiger partial charge on any atom is -0.404 e. The molecule has 122 valence electrons. The highest BCUT2D eigenvalue weighted by Crippen LogP contribution is 2.38. The van der Waals surface area contributed by atoms with Gasteiger partial charge in [-0.25, -0.2) is 0 Å². The number of benzene rings is 1. The van der Waals surface area contributed by atoms with Gasteiger partial charge in [0, 0.05) is 17.4 Å². The molecule has 0 aromatic heterocycles. The zero-order valence-electron chi connectivity index (χ0n) is 10.6. The molecule has 0 spiro atoms. The molecule has 22 heavy (non-hydrogen) atoms. The third kappa shape index (κ3) is 3.88. The van der Waals surface area contributed by atoms with E-state index in [0.29, 0.717) is 4.47 Å². The number of amides is 1. The van der Waals surface area contributed by atoms with Crippen LogP contribution in [0.5, 0.6) is 5.75 Å². The van der Waals surface area contributed by atoms with Gasteiger partial charge in [-0.15, -0.1) is 17.1 Å². The van der Waals surface area contributed by atoms with E-state index in [1.54, 1.807) is 0 Å². The van der Waals surface area contributed by atoms with Crippen LogP contribution in [-0.4, -0.2) is 32.5 Å². The molecule has 1 amide bonds. The minimum absolute atomic E-state index is 0.289. The van der Waals surface area contributed by atoms with Gasteiger partial charge in [-0.1, -0.05) is 15.9 Å². The van der Waals surface area contributed by atoms with Gasteiger partial charge >= 0.3 is 16.6 Å². The average Bonchev–Trinajstić information content (AvgIpc) is 2.72. The number of carbonyl (C=O) groups is 1. The molecular weight excluding hydrogens is 398 g/mol. The number of hydrogen-bond donors (Lipinski definition) is 0. The van der Waals surface area contributed by atoms with E-state index in [4.69, 9.17) is 0 Å². The van der Waals surface area contributed by atoms with Crippen molar-refractivity contribution in [3.05, 3.63) is 22.7 Å². The van der Waals surface area contributed by atoms with Gasteiger partial charge in [0.25, 0.3) is 0 Å². The first-order chi connectivity index (χ1) is 9.97. The Bertz CT molecular complexity index is 707. The molecule has 1 saturated heterocycles. The molecule has 1 unspecified atom stereocenters. The molecule has 0 radical (unpaired) electrons. The molecule has 5 nitrogen and oxygen atoms in total. The predicted octanol–water partition coefficient (Wildman–Crippen LogP) is 2.75.